The lowest BCUT2D eigenvalue weighted by molar-refractivity contribution is 0.0514. The lowest BCUT2D eigenvalue weighted by atomic mass is 10.1. The highest BCUT2D eigenvalue weighted by atomic mass is 16.5. The fourth-order valence-corrected chi connectivity index (χ4v) is 1.19. The summed E-state index contributed by atoms with van der Waals surface area (Å²) >= 11 is 0. The Kier molecular flexibility index (Phi) is 8.53. The minimum atomic E-state index is -1.13. The fourth-order valence-electron chi connectivity index (χ4n) is 1.19. The number of methoxy groups -OCH3 is 1. The van der Waals surface area contributed by atoms with Crippen molar-refractivity contribution in [3.8, 4) is 0 Å². The quantitative estimate of drug-likeness (QED) is 0.670. The van der Waals surface area contributed by atoms with Gasteiger partial charge < -0.3 is 14.6 Å². The summed E-state index contributed by atoms with van der Waals surface area (Å²) in [5.74, 6) is -1.74. The van der Waals surface area contributed by atoms with Crippen LogP contribution >= 0.6 is 0 Å². The van der Waals surface area contributed by atoms with Crippen LogP contribution in [0.25, 0.3) is 0 Å². The molecular formula is C14H18O5. The molecule has 0 amide bonds. The van der Waals surface area contributed by atoms with Crippen molar-refractivity contribution >= 4 is 11.9 Å². The zero-order valence-corrected chi connectivity index (χ0v) is 11.3. The third-order valence-corrected chi connectivity index (χ3v) is 1.92. The number of carbonyl (C=O) groups excluding carboxylic acids is 1. The molecule has 0 heterocycles. The zero-order chi connectivity index (χ0) is 14.7. The maximum Gasteiger partial charge on any atom is 0.338 e. The van der Waals surface area contributed by atoms with E-state index in [1.54, 1.807) is 32.4 Å². The van der Waals surface area contributed by atoms with Crippen LogP contribution in [-0.2, 0) is 9.47 Å². The van der Waals surface area contributed by atoms with Gasteiger partial charge in [-0.1, -0.05) is 18.2 Å². The van der Waals surface area contributed by atoms with Crippen molar-refractivity contribution in [2.24, 2.45) is 0 Å². The molecular weight excluding hydrogens is 248 g/mol. The van der Waals surface area contributed by atoms with Crippen molar-refractivity contribution in [3.05, 3.63) is 47.7 Å². The first kappa shape index (κ1) is 16.7. The summed E-state index contributed by atoms with van der Waals surface area (Å²) < 4.78 is 9.23. The van der Waals surface area contributed by atoms with Gasteiger partial charge in [-0.15, -0.1) is 0 Å². The summed E-state index contributed by atoms with van der Waals surface area (Å²) in [7, 11) is 1.62. The van der Waals surface area contributed by atoms with Gasteiger partial charge in [-0.2, -0.15) is 0 Å². The SMILES string of the molecule is CC=COC.CCOC(=O)c1ccccc1C(=O)O. The van der Waals surface area contributed by atoms with E-state index in [1.807, 2.05) is 13.0 Å². The molecule has 19 heavy (non-hydrogen) atoms. The van der Waals surface area contributed by atoms with Crippen molar-refractivity contribution < 1.29 is 24.2 Å². The topological polar surface area (TPSA) is 72.8 Å². The summed E-state index contributed by atoms with van der Waals surface area (Å²) in [6.07, 6.45) is 3.46. The third kappa shape index (κ3) is 6.26. The number of benzene rings is 1. The van der Waals surface area contributed by atoms with Crippen molar-refractivity contribution in [1.29, 1.82) is 0 Å². The second-order valence-electron chi connectivity index (χ2n) is 3.28. The molecule has 1 aromatic rings. The first-order valence-corrected chi connectivity index (χ1v) is 5.71. The van der Waals surface area contributed by atoms with Crippen LogP contribution < -0.4 is 0 Å². The first-order chi connectivity index (χ1) is 9.08. The molecule has 104 valence electrons. The molecule has 0 atom stereocenters. The molecule has 1 aromatic carbocycles. The highest BCUT2D eigenvalue weighted by Gasteiger charge is 2.15. The molecule has 0 bridgehead atoms. The van der Waals surface area contributed by atoms with Crippen LogP contribution in [0, 0.1) is 0 Å². The van der Waals surface area contributed by atoms with E-state index < -0.39 is 11.9 Å². The number of aromatic carboxylic acids is 1. The van der Waals surface area contributed by atoms with Gasteiger partial charge in [0.15, 0.2) is 0 Å². The van der Waals surface area contributed by atoms with Gasteiger partial charge in [-0.3, -0.25) is 0 Å². The molecule has 0 saturated heterocycles. The molecule has 5 heteroatoms. The van der Waals surface area contributed by atoms with Crippen LogP contribution in [0.15, 0.2) is 36.6 Å². The fraction of sp³-hybridized carbons (Fsp3) is 0.286. The normalized spacial score (nSPS) is 9.42. The van der Waals surface area contributed by atoms with Crippen LogP contribution in [0.4, 0.5) is 0 Å². The van der Waals surface area contributed by atoms with Crippen LogP contribution in [0.2, 0.25) is 0 Å². The van der Waals surface area contributed by atoms with Crippen molar-refractivity contribution in [3.63, 3.8) is 0 Å². The predicted molar refractivity (Wildman–Crippen MR) is 71.2 cm³/mol. The Morgan fingerprint density at radius 3 is 2.21 bits per heavy atom. The Bertz CT molecular complexity index is 437. The minimum Gasteiger partial charge on any atom is -0.505 e. The number of carboxylic acids is 1. The summed E-state index contributed by atoms with van der Waals surface area (Å²) in [5, 5.41) is 8.77. The average Bonchev–Trinajstić information content (AvgIpc) is 2.40. The highest BCUT2D eigenvalue weighted by molar-refractivity contribution is 6.02. The maximum atomic E-state index is 11.3. The van der Waals surface area contributed by atoms with Gasteiger partial charge in [0.1, 0.15) is 0 Å². The molecule has 1 N–H and O–H groups in total. The smallest absolute Gasteiger partial charge is 0.338 e. The second kappa shape index (κ2) is 9.70. The van der Waals surface area contributed by atoms with E-state index in [9.17, 15) is 9.59 Å². The Morgan fingerprint density at radius 2 is 1.84 bits per heavy atom. The number of ether oxygens (including phenoxy) is 2. The van der Waals surface area contributed by atoms with E-state index in [1.165, 1.54) is 12.1 Å². The van der Waals surface area contributed by atoms with Crippen molar-refractivity contribution in [2.75, 3.05) is 13.7 Å². The summed E-state index contributed by atoms with van der Waals surface area (Å²) in [6, 6.07) is 5.96. The van der Waals surface area contributed by atoms with Gasteiger partial charge in [-0.25, -0.2) is 9.59 Å². The van der Waals surface area contributed by atoms with Crippen LogP contribution in [0.5, 0.6) is 0 Å². The predicted octanol–water partition coefficient (Wildman–Crippen LogP) is 2.73. The van der Waals surface area contributed by atoms with Gasteiger partial charge in [0.05, 0.1) is 31.1 Å². The van der Waals surface area contributed by atoms with E-state index >= 15 is 0 Å². The Balaban J connectivity index is 0.000000555. The highest BCUT2D eigenvalue weighted by Crippen LogP contribution is 2.09. The number of allylic oxidation sites excluding steroid dienone is 1. The number of carbonyl (C=O) groups is 2. The van der Waals surface area contributed by atoms with Crippen molar-refractivity contribution in [1.82, 2.24) is 0 Å². The van der Waals surface area contributed by atoms with E-state index in [2.05, 4.69) is 4.74 Å². The molecule has 0 aliphatic carbocycles. The molecule has 5 nitrogen and oxygen atoms in total. The van der Waals surface area contributed by atoms with E-state index in [0.29, 0.717) is 0 Å². The Morgan fingerprint density at radius 1 is 1.26 bits per heavy atom. The van der Waals surface area contributed by atoms with Gasteiger partial charge >= 0.3 is 11.9 Å². The van der Waals surface area contributed by atoms with E-state index in [0.717, 1.165) is 0 Å². The number of hydrogen-bond acceptors (Lipinski definition) is 4. The molecule has 0 unspecified atom stereocenters. The molecule has 0 aromatic heterocycles. The molecule has 0 radical (unpaired) electrons. The number of rotatable bonds is 4. The maximum absolute atomic E-state index is 11.3. The van der Waals surface area contributed by atoms with Crippen molar-refractivity contribution in [2.45, 2.75) is 13.8 Å². The Hall–Kier alpha value is -2.30. The third-order valence-electron chi connectivity index (χ3n) is 1.92. The van der Waals surface area contributed by atoms with Crippen LogP contribution in [0.1, 0.15) is 34.6 Å². The van der Waals surface area contributed by atoms with Gasteiger partial charge in [0.25, 0.3) is 0 Å². The lowest BCUT2D eigenvalue weighted by Crippen LogP contribution is -2.11. The molecule has 1 rings (SSSR count). The second-order valence-corrected chi connectivity index (χ2v) is 3.28. The average molecular weight is 266 g/mol. The molecule has 0 spiro atoms. The number of esters is 1. The van der Waals surface area contributed by atoms with Gasteiger partial charge in [0.2, 0.25) is 0 Å². The van der Waals surface area contributed by atoms with E-state index in [-0.39, 0.29) is 17.7 Å². The monoisotopic (exact) mass is 266 g/mol. The molecule has 0 fully saturated rings. The van der Waals surface area contributed by atoms with E-state index in [4.69, 9.17) is 9.84 Å². The largest absolute Gasteiger partial charge is 0.505 e. The zero-order valence-electron chi connectivity index (χ0n) is 11.3. The summed E-state index contributed by atoms with van der Waals surface area (Å²) in [5.41, 5.74) is 0.0489. The van der Waals surface area contributed by atoms with Gasteiger partial charge in [-0.05, 0) is 26.0 Å². The van der Waals surface area contributed by atoms with Gasteiger partial charge in [0, 0.05) is 0 Å². The first-order valence-electron chi connectivity index (χ1n) is 5.71. The number of hydrogen-bond donors (Lipinski definition) is 1. The summed E-state index contributed by atoms with van der Waals surface area (Å²) in [4.78, 5) is 22.0. The summed E-state index contributed by atoms with van der Waals surface area (Å²) in [6.45, 7) is 3.80. The number of carboxylic acid groups (broad SMARTS) is 1. The van der Waals surface area contributed by atoms with Crippen LogP contribution in [0.3, 0.4) is 0 Å². The molecule has 0 aliphatic rings. The molecule has 0 saturated carbocycles. The Labute approximate surface area is 112 Å². The van der Waals surface area contributed by atoms with Crippen LogP contribution in [-0.4, -0.2) is 30.8 Å². The standard InChI is InChI=1S/C10H10O4.C4H8O/c1-2-14-10(13)8-6-4-3-5-7(8)9(11)12;1-3-4-5-2/h3-6H,2H2,1H3,(H,11,12);3-4H,1-2H3. The molecule has 0 aliphatic heterocycles. The minimum absolute atomic E-state index is 0.0362. The lowest BCUT2D eigenvalue weighted by Gasteiger charge is -2.04.